The Bertz CT molecular complexity index is 1700. The molecule has 244 valence electrons. The van der Waals surface area contributed by atoms with Gasteiger partial charge in [0.25, 0.3) is 10.0 Å². The Kier molecular flexibility index (Phi) is 9.69. The van der Waals surface area contributed by atoms with Crippen molar-refractivity contribution >= 4 is 39.2 Å². The van der Waals surface area contributed by atoms with Crippen LogP contribution in [0.1, 0.15) is 33.3 Å². The van der Waals surface area contributed by atoms with Gasteiger partial charge >= 0.3 is 6.09 Å². The number of nitrogens with zero attached hydrogens (tertiary/aromatic N) is 3. The minimum absolute atomic E-state index is 0.0624. The number of rotatable bonds is 10. The number of benzene rings is 2. The number of ether oxygens (including phenoxy) is 3. The number of halogens is 4. The highest BCUT2D eigenvalue weighted by molar-refractivity contribution is 7.92. The van der Waals surface area contributed by atoms with Crippen molar-refractivity contribution in [1.29, 1.82) is 0 Å². The molecule has 1 aliphatic heterocycles. The standard InChI is InChI=1S/C30H34ClF3N4O6S/c1-29(2,3)44-28(39)35-15-30(4)16-37(17-30)21-13-20(32)27(26(34)25(21)31)45(40,41)38(24-9-7-8-23(33)36-24)14-18-10-11-19(42-5)12-22(18)43-6/h7-13H,14-17H2,1-6H3,(H,35,39). The number of anilines is 2. The topological polar surface area (TPSA) is 110 Å². The second kappa shape index (κ2) is 12.8. The van der Waals surface area contributed by atoms with Crippen molar-refractivity contribution in [3.8, 4) is 11.5 Å². The third kappa shape index (κ3) is 7.50. The highest BCUT2D eigenvalue weighted by Gasteiger charge is 2.42. The molecule has 0 saturated carbocycles. The molecule has 1 N–H and O–H groups in total. The van der Waals surface area contributed by atoms with E-state index in [4.69, 9.17) is 25.8 Å². The highest BCUT2D eigenvalue weighted by atomic mass is 35.5. The van der Waals surface area contributed by atoms with Crippen molar-refractivity contribution in [2.45, 2.75) is 44.7 Å². The number of sulfonamides is 1. The second-order valence-corrected chi connectivity index (χ2v) is 14.0. The number of methoxy groups -OCH3 is 2. The van der Waals surface area contributed by atoms with Gasteiger partial charge in [-0.1, -0.05) is 24.6 Å². The molecule has 45 heavy (non-hydrogen) atoms. The molecule has 0 spiro atoms. The first kappa shape index (κ1) is 34.0. The van der Waals surface area contributed by atoms with Gasteiger partial charge < -0.3 is 24.4 Å². The number of nitrogens with one attached hydrogen (secondary N) is 1. The summed E-state index contributed by atoms with van der Waals surface area (Å²) in [6.07, 6.45) is -0.601. The van der Waals surface area contributed by atoms with E-state index in [-0.39, 0.29) is 36.6 Å². The lowest BCUT2D eigenvalue weighted by Gasteiger charge is -2.49. The van der Waals surface area contributed by atoms with Crippen molar-refractivity contribution in [1.82, 2.24) is 10.3 Å². The molecule has 2 aromatic carbocycles. The number of amides is 1. The molecule has 15 heteroatoms. The number of alkyl carbamates (subject to hydrolysis) is 1. The van der Waals surface area contributed by atoms with Crippen LogP contribution >= 0.6 is 11.6 Å². The van der Waals surface area contributed by atoms with Crippen LogP contribution in [0.5, 0.6) is 11.5 Å². The molecular formula is C30H34ClF3N4O6S. The molecule has 10 nitrogen and oxygen atoms in total. The van der Waals surface area contributed by atoms with E-state index in [1.807, 2.05) is 6.92 Å². The van der Waals surface area contributed by atoms with Gasteiger partial charge in [0.1, 0.15) is 33.8 Å². The summed E-state index contributed by atoms with van der Waals surface area (Å²) in [6.45, 7) is 7.26. The average molecular weight is 671 g/mol. The Balaban J connectivity index is 1.65. The van der Waals surface area contributed by atoms with Gasteiger partial charge in [-0.05, 0) is 45.0 Å². The van der Waals surface area contributed by atoms with Crippen LogP contribution in [-0.2, 0) is 21.3 Å². The highest BCUT2D eigenvalue weighted by Crippen LogP contribution is 2.42. The summed E-state index contributed by atoms with van der Waals surface area (Å²) in [5.74, 6) is -3.74. The monoisotopic (exact) mass is 670 g/mol. The van der Waals surface area contributed by atoms with E-state index in [0.717, 1.165) is 12.1 Å². The number of aromatic nitrogens is 1. The molecule has 0 aliphatic carbocycles. The zero-order valence-electron chi connectivity index (χ0n) is 25.6. The van der Waals surface area contributed by atoms with Gasteiger partial charge in [-0.3, -0.25) is 0 Å². The maximum atomic E-state index is 15.9. The Morgan fingerprint density at radius 1 is 1.11 bits per heavy atom. The van der Waals surface area contributed by atoms with Gasteiger partial charge in [0.2, 0.25) is 5.95 Å². The third-order valence-corrected chi connectivity index (χ3v) is 9.10. The molecular weight excluding hydrogens is 637 g/mol. The summed E-state index contributed by atoms with van der Waals surface area (Å²) < 4.78 is 90.1. The Morgan fingerprint density at radius 2 is 1.80 bits per heavy atom. The van der Waals surface area contributed by atoms with Crippen LogP contribution < -0.4 is 24.0 Å². The van der Waals surface area contributed by atoms with Crippen LogP contribution in [-0.4, -0.2) is 58.9 Å². The summed E-state index contributed by atoms with van der Waals surface area (Å²) in [5, 5.41) is 2.06. The van der Waals surface area contributed by atoms with E-state index in [9.17, 15) is 17.6 Å². The number of carbonyl (C=O) groups excluding carboxylic acids is 1. The fourth-order valence-electron chi connectivity index (χ4n) is 4.86. The molecule has 1 aromatic heterocycles. The van der Waals surface area contributed by atoms with Crippen LogP contribution in [0.3, 0.4) is 0 Å². The van der Waals surface area contributed by atoms with Crippen molar-refractivity contribution < 1.29 is 40.6 Å². The molecule has 1 saturated heterocycles. The van der Waals surface area contributed by atoms with E-state index in [1.165, 1.54) is 38.5 Å². The van der Waals surface area contributed by atoms with Crippen LogP contribution in [0.4, 0.5) is 29.5 Å². The first-order chi connectivity index (χ1) is 21.0. The van der Waals surface area contributed by atoms with E-state index < -0.39 is 67.0 Å². The molecule has 0 bridgehead atoms. The van der Waals surface area contributed by atoms with E-state index in [2.05, 4.69) is 10.3 Å². The summed E-state index contributed by atoms with van der Waals surface area (Å²) in [7, 11) is -2.29. The first-order valence-electron chi connectivity index (χ1n) is 13.7. The zero-order chi connectivity index (χ0) is 33.3. The predicted octanol–water partition coefficient (Wildman–Crippen LogP) is 5.92. The third-order valence-electron chi connectivity index (χ3n) is 6.95. The van der Waals surface area contributed by atoms with Crippen LogP contribution in [0.25, 0.3) is 0 Å². The molecule has 0 radical (unpaired) electrons. The average Bonchev–Trinajstić information content (AvgIpc) is 2.94. The predicted molar refractivity (Wildman–Crippen MR) is 163 cm³/mol. The summed E-state index contributed by atoms with van der Waals surface area (Å²) in [5.41, 5.74) is -0.943. The molecule has 2 heterocycles. The van der Waals surface area contributed by atoms with Crippen molar-refractivity contribution in [3.63, 3.8) is 0 Å². The molecule has 1 fully saturated rings. The quantitative estimate of drug-likeness (QED) is 0.209. The lowest BCUT2D eigenvalue weighted by atomic mass is 9.81. The molecule has 4 rings (SSSR count). The zero-order valence-corrected chi connectivity index (χ0v) is 27.2. The van der Waals surface area contributed by atoms with Crippen molar-refractivity contribution in [2.75, 3.05) is 43.1 Å². The summed E-state index contributed by atoms with van der Waals surface area (Å²) in [6, 6.07) is 8.78. The molecule has 0 unspecified atom stereocenters. The van der Waals surface area contributed by atoms with Gasteiger partial charge in [0.05, 0.1) is 26.5 Å². The molecule has 0 atom stereocenters. The maximum absolute atomic E-state index is 15.9. The Morgan fingerprint density at radius 3 is 2.40 bits per heavy atom. The lowest BCUT2D eigenvalue weighted by molar-refractivity contribution is 0.0494. The van der Waals surface area contributed by atoms with Gasteiger partial charge in [-0.25, -0.2) is 31.3 Å². The van der Waals surface area contributed by atoms with Gasteiger partial charge in [-0.15, -0.1) is 0 Å². The number of carbonyl (C=O) groups is 1. The molecule has 1 aliphatic rings. The van der Waals surface area contributed by atoms with E-state index >= 15 is 8.78 Å². The van der Waals surface area contributed by atoms with Crippen molar-refractivity contribution in [2.24, 2.45) is 5.41 Å². The Hall–Kier alpha value is -3.91. The first-order valence-corrected chi connectivity index (χ1v) is 15.6. The number of pyridine rings is 1. The minimum atomic E-state index is -5.08. The number of hydrogen-bond donors (Lipinski definition) is 1. The Labute approximate surface area is 265 Å². The largest absolute Gasteiger partial charge is 0.497 e. The number of hydrogen-bond acceptors (Lipinski definition) is 8. The normalized spacial score (nSPS) is 14.4. The van der Waals surface area contributed by atoms with Gasteiger partial charge in [0.15, 0.2) is 10.7 Å². The fourth-order valence-corrected chi connectivity index (χ4v) is 6.70. The molecule has 3 aromatic rings. The SMILES string of the molecule is COc1ccc(CN(c2cccc(F)n2)S(=O)(=O)c2c(F)cc(N3CC(C)(CNC(=O)OC(C)(C)C)C3)c(Cl)c2F)c(OC)c1. The summed E-state index contributed by atoms with van der Waals surface area (Å²) >= 11 is 6.33. The van der Waals surface area contributed by atoms with E-state index in [1.54, 1.807) is 31.7 Å². The fraction of sp³-hybridized carbons (Fsp3) is 0.400. The van der Waals surface area contributed by atoms with Crippen LogP contribution in [0, 0.1) is 23.0 Å². The smallest absolute Gasteiger partial charge is 0.407 e. The minimum Gasteiger partial charge on any atom is -0.497 e. The summed E-state index contributed by atoms with van der Waals surface area (Å²) in [4.78, 5) is 16.0. The van der Waals surface area contributed by atoms with E-state index in [0.29, 0.717) is 10.1 Å². The van der Waals surface area contributed by atoms with Crippen molar-refractivity contribution in [3.05, 3.63) is 70.6 Å². The van der Waals surface area contributed by atoms with Crippen LogP contribution in [0.2, 0.25) is 5.02 Å². The van der Waals surface area contributed by atoms with Gasteiger partial charge in [0, 0.05) is 42.7 Å². The van der Waals surface area contributed by atoms with Gasteiger partial charge in [-0.2, -0.15) is 4.39 Å². The lowest BCUT2D eigenvalue weighted by Crippen LogP contribution is -2.59. The molecule has 1 amide bonds. The van der Waals surface area contributed by atoms with Crippen LogP contribution in [0.15, 0.2) is 47.4 Å². The maximum Gasteiger partial charge on any atom is 0.407 e. The second-order valence-electron chi connectivity index (χ2n) is 11.9.